The number of anilines is 2. The van der Waals surface area contributed by atoms with Crippen LogP contribution >= 0.6 is 11.6 Å². The first-order valence-corrected chi connectivity index (χ1v) is 6.80. The van der Waals surface area contributed by atoms with Crippen LogP contribution in [-0.2, 0) is 0 Å². The predicted molar refractivity (Wildman–Crippen MR) is 79.8 cm³/mol. The summed E-state index contributed by atoms with van der Waals surface area (Å²) < 4.78 is 5.38. The zero-order valence-electron chi connectivity index (χ0n) is 11.7. The molecule has 7 heteroatoms. The molecule has 1 aromatic carbocycles. The van der Waals surface area contributed by atoms with E-state index in [0.717, 1.165) is 12.1 Å². The van der Waals surface area contributed by atoms with E-state index >= 15 is 0 Å². The molecule has 0 aliphatic carbocycles. The third-order valence-corrected chi connectivity index (χ3v) is 2.86. The van der Waals surface area contributed by atoms with Crippen LogP contribution in [0.3, 0.4) is 0 Å². The van der Waals surface area contributed by atoms with E-state index in [1.807, 2.05) is 19.1 Å². The van der Waals surface area contributed by atoms with Gasteiger partial charge in [0.2, 0.25) is 11.2 Å². The molecule has 108 valence electrons. The van der Waals surface area contributed by atoms with Crippen LogP contribution in [0.5, 0.6) is 6.01 Å². The average molecular weight is 304 g/mol. The lowest BCUT2D eigenvalue weighted by molar-refractivity contribution is 0.291. The minimum absolute atomic E-state index is 0.0756. The first-order chi connectivity index (χ1) is 10.1. The molecule has 0 fully saturated rings. The Morgan fingerprint density at radius 3 is 2.57 bits per heavy atom. The predicted octanol–water partition coefficient (Wildman–Crippen LogP) is 2.95. The molecule has 0 atom stereocenters. The molecule has 21 heavy (non-hydrogen) atoms. The summed E-state index contributed by atoms with van der Waals surface area (Å²) in [5.74, 6) is 0.380. The maximum Gasteiger partial charge on any atom is 0.322 e. The molecule has 0 unspecified atom stereocenters. The van der Waals surface area contributed by atoms with Gasteiger partial charge in [-0.2, -0.15) is 20.2 Å². The lowest BCUT2D eigenvalue weighted by Gasteiger charge is -2.17. The van der Waals surface area contributed by atoms with E-state index in [0.29, 0.717) is 18.1 Å². The number of ether oxygens (including phenoxy) is 1. The summed E-state index contributed by atoms with van der Waals surface area (Å²) in [7, 11) is 1.80. The van der Waals surface area contributed by atoms with Crippen LogP contribution in [0.2, 0.25) is 5.28 Å². The third-order valence-electron chi connectivity index (χ3n) is 2.69. The molecule has 0 bridgehead atoms. The molecular formula is C14H14ClN5O. The fraction of sp³-hybridized carbons (Fsp3) is 0.286. The van der Waals surface area contributed by atoms with Gasteiger partial charge >= 0.3 is 6.01 Å². The normalized spacial score (nSPS) is 10.0. The molecule has 0 aliphatic heterocycles. The van der Waals surface area contributed by atoms with Gasteiger partial charge in [0.15, 0.2) is 0 Å². The van der Waals surface area contributed by atoms with Crippen molar-refractivity contribution >= 4 is 23.2 Å². The Morgan fingerprint density at radius 1 is 1.24 bits per heavy atom. The minimum atomic E-state index is 0.0756. The van der Waals surface area contributed by atoms with E-state index in [2.05, 4.69) is 21.0 Å². The Balaban J connectivity index is 2.26. The van der Waals surface area contributed by atoms with Crippen LogP contribution in [0.1, 0.15) is 18.9 Å². The maximum atomic E-state index is 8.81. The summed E-state index contributed by atoms with van der Waals surface area (Å²) in [5, 5.41) is 8.88. The first-order valence-electron chi connectivity index (χ1n) is 6.42. The number of hydrogen-bond acceptors (Lipinski definition) is 6. The quantitative estimate of drug-likeness (QED) is 0.845. The van der Waals surface area contributed by atoms with Crippen LogP contribution in [0.25, 0.3) is 0 Å². The molecule has 1 heterocycles. The summed E-state index contributed by atoms with van der Waals surface area (Å²) in [4.78, 5) is 14.0. The summed E-state index contributed by atoms with van der Waals surface area (Å²) in [6.07, 6.45) is 0.851. The van der Waals surface area contributed by atoms with E-state index in [9.17, 15) is 0 Å². The fourth-order valence-electron chi connectivity index (χ4n) is 1.60. The van der Waals surface area contributed by atoms with Gasteiger partial charge in [-0.05, 0) is 42.3 Å². The lowest BCUT2D eigenvalue weighted by atomic mass is 10.2. The number of benzene rings is 1. The summed E-state index contributed by atoms with van der Waals surface area (Å²) >= 11 is 5.90. The molecule has 0 N–H and O–H groups in total. The second-order valence-electron chi connectivity index (χ2n) is 4.25. The summed E-state index contributed by atoms with van der Waals surface area (Å²) in [6, 6.07) is 9.34. The smallest absolute Gasteiger partial charge is 0.322 e. The van der Waals surface area contributed by atoms with Gasteiger partial charge in [0.25, 0.3) is 0 Å². The van der Waals surface area contributed by atoms with Crippen LogP contribution in [0.4, 0.5) is 11.6 Å². The van der Waals surface area contributed by atoms with Crippen molar-refractivity contribution in [3.8, 4) is 12.1 Å². The molecule has 0 saturated heterocycles. The van der Waals surface area contributed by atoms with Crippen molar-refractivity contribution in [1.29, 1.82) is 5.26 Å². The van der Waals surface area contributed by atoms with Crippen molar-refractivity contribution in [3.63, 3.8) is 0 Å². The maximum absolute atomic E-state index is 8.81. The lowest BCUT2D eigenvalue weighted by Crippen LogP contribution is -2.14. The van der Waals surface area contributed by atoms with Gasteiger partial charge in [-0.1, -0.05) is 6.92 Å². The highest BCUT2D eigenvalue weighted by molar-refractivity contribution is 6.28. The third kappa shape index (κ3) is 3.80. The topological polar surface area (TPSA) is 74.9 Å². The Labute approximate surface area is 128 Å². The van der Waals surface area contributed by atoms with E-state index < -0.39 is 0 Å². The number of nitrogens with zero attached hydrogens (tertiary/aromatic N) is 5. The van der Waals surface area contributed by atoms with E-state index in [-0.39, 0.29) is 11.3 Å². The van der Waals surface area contributed by atoms with Crippen molar-refractivity contribution in [2.24, 2.45) is 0 Å². The van der Waals surface area contributed by atoms with Crippen molar-refractivity contribution in [2.75, 3.05) is 18.6 Å². The highest BCUT2D eigenvalue weighted by Gasteiger charge is 2.12. The number of halogens is 1. The molecular weight excluding hydrogens is 290 g/mol. The SMILES string of the molecule is CCCOc1nc(Cl)nc(N(C)c2ccc(C#N)cc2)n1. The molecule has 0 aliphatic rings. The molecule has 0 spiro atoms. The summed E-state index contributed by atoms with van der Waals surface area (Å²) in [5.41, 5.74) is 1.42. The average Bonchev–Trinajstić information content (AvgIpc) is 2.51. The zero-order valence-corrected chi connectivity index (χ0v) is 12.5. The molecule has 6 nitrogen and oxygen atoms in total. The molecule has 0 amide bonds. The van der Waals surface area contributed by atoms with E-state index in [1.54, 1.807) is 24.1 Å². The zero-order chi connectivity index (χ0) is 15.2. The van der Waals surface area contributed by atoms with Gasteiger partial charge in [0.05, 0.1) is 18.2 Å². The molecule has 2 rings (SSSR count). The van der Waals surface area contributed by atoms with Crippen LogP contribution in [-0.4, -0.2) is 28.6 Å². The fourth-order valence-corrected chi connectivity index (χ4v) is 1.75. The number of rotatable bonds is 5. The summed E-state index contributed by atoms with van der Waals surface area (Å²) in [6.45, 7) is 2.51. The second kappa shape index (κ2) is 6.86. The highest BCUT2D eigenvalue weighted by atomic mass is 35.5. The Kier molecular flexibility index (Phi) is 4.90. The number of aromatic nitrogens is 3. The standard InChI is InChI=1S/C14H14ClN5O/c1-3-8-21-14-18-12(15)17-13(19-14)20(2)11-6-4-10(9-16)5-7-11/h4-7H,3,8H2,1-2H3. The molecule has 1 aromatic heterocycles. The van der Waals surface area contributed by atoms with Crippen LogP contribution in [0.15, 0.2) is 24.3 Å². The second-order valence-corrected chi connectivity index (χ2v) is 4.59. The van der Waals surface area contributed by atoms with Crippen molar-refractivity contribution in [1.82, 2.24) is 15.0 Å². The largest absolute Gasteiger partial charge is 0.463 e. The van der Waals surface area contributed by atoms with Gasteiger partial charge in [-0.25, -0.2) is 0 Å². The van der Waals surface area contributed by atoms with Gasteiger partial charge in [0, 0.05) is 12.7 Å². The van der Waals surface area contributed by atoms with E-state index in [4.69, 9.17) is 21.6 Å². The molecule has 0 saturated carbocycles. The Bertz CT molecular complexity index is 653. The number of nitriles is 1. The van der Waals surface area contributed by atoms with Crippen molar-refractivity contribution < 1.29 is 4.74 Å². The highest BCUT2D eigenvalue weighted by Crippen LogP contribution is 2.22. The Morgan fingerprint density at radius 2 is 1.95 bits per heavy atom. The molecule has 2 aromatic rings. The monoisotopic (exact) mass is 303 g/mol. The van der Waals surface area contributed by atoms with Crippen LogP contribution < -0.4 is 9.64 Å². The molecule has 0 radical (unpaired) electrons. The Hall–Kier alpha value is -2.39. The van der Waals surface area contributed by atoms with Gasteiger partial charge in [-0.15, -0.1) is 0 Å². The van der Waals surface area contributed by atoms with Crippen LogP contribution in [0, 0.1) is 11.3 Å². The van der Waals surface area contributed by atoms with Crippen molar-refractivity contribution in [2.45, 2.75) is 13.3 Å². The van der Waals surface area contributed by atoms with Gasteiger partial charge < -0.3 is 9.64 Å². The number of hydrogen-bond donors (Lipinski definition) is 0. The minimum Gasteiger partial charge on any atom is -0.463 e. The van der Waals surface area contributed by atoms with Gasteiger partial charge in [0.1, 0.15) is 0 Å². The van der Waals surface area contributed by atoms with Crippen molar-refractivity contribution in [3.05, 3.63) is 35.1 Å². The van der Waals surface area contributed by atoms with Gasteiger partial charge in [-0.3, -0.25) is 0 Å². The first kappa shape index (κ1) is 15.0. The van der Waals surface area contributed by atoms with E-state index in [1.165, 1.54) is 0 Å².